The van der Waals surface area contributed by atoms with Crippen LogP contribution in [0.15, 0.2) is 33.3 Å². The predicted molar refractivity (Wildman–Crippen MR) is 99.7 cm³/mol. The Hall–Kier alpha value is -2.25. The van der Waals surface area contributed by atoms with E-state index in [1.807, 2.05) is 19.1 Å². The third-order valence-corrected chi connectivity index (χ3v) is 4.96. The van der Waals surface area contributed by atoms with Crippen molar-refractivity contribution in [2.75, 3.05) is 26.8 Å². The molecule has 25 heavy (non-hydrogen) atoms. The predicted octanol–water partition coefficient (Wildman–Crippen LogP) is 0.871. The number of hydrazone groups is 1. The highest BCUT2D eigenvalue weighted by molar-refractivity contribution is 6.50. The topological polar surface area (TPSA) is 84.6 Å². The Kier molecular flexibility index (Phi) is 4.27. The molecule has 3 N–H and O–H groups in total. The van der Waals surface area contributed by atoms with Gasteiger partial charge >= 0.3 is 0 Å². The molecule has 0 amide bonds. The first kappa shape index (κ1) is 16.2. The Balaban J connectivity index is 1.64. The van der Waals surface area contributed by atoms with Crippen LogP contribution in [0.25, 0.3) is 0 Å². The molecule has 0 spiro atoms. The van der Waals surface area contributed by atoms with E-state index in [0.717, 1.165) is 54.3 Å². The highest BCUT2D eigenvalue weighted by Crippen LogP contribution is 2.23. The minimum Gasteiger partial charge on any atom is -0.507 e. The first-order valence-corrected chi connectivity index (χ1v) is 8.80. The number of rotatable bonds is 2. The molecule has 7 nitrogen and oxygen atoms in total. The summed E-state index contributed by atoms with van der Waals surface area (Å²) in [5.41, 5.74) is 6.47. The lowest BCUT2D eigenvalue weighted by molar-refractivity contribution is 0.253. The molecule has 0 bridgehead atoms. The van der Waals surface area contributed by atoms with Gasteiger partial charge in [-0.1, -0.05) is 6.07 Å². The van der Waals surface area contributed by atoms with Gasteiger partial charge in [0.25, 0.3) is 0 Å². The van der Waals surface area contributed by atoms with Gasteiger partial charge in [0.05, 0.1) is 24.5 Å². The van der Waals surface area contributed by atoms with Crippen LogP contribution < -0.4 is 10.7 Å². The number of aliphatic imine (C=N–C) groups is 2. The maximum atomic E-state index is 10.3. The van der Waals surface area contributed by atoms with Gasteiger partial charge in [-0.05, 0) is 51.1 Å². The van der Waals surface area contributed by atoms with E-state index in [1.54, 1.807) is 6.07 Å². The van der Waals surface area contributed by atoms with Crippen molar-refractivity contribution in [1.82, 2.24) is 15.6 Å². The molecule has 1 aromatic carbocycles. The Bertz CT molecular complexity index is 769. The number of amidine groups is 1. The number of aryl methyl sites for hydroxylation is 1. The van der Waals surface area contributed by atoms with Crippen LogP contribution in [-0.4, -0.2) is 66.2 Å². The number of nitrogens with zero attached hydrogens (tertiary/aromatic N) is 4. The number of benzene rings is 1. The summed E-state index contributed by atoms with van der Waals surface area (Å²) in [4.78, 5) is 11.8. The Morgan fingerprint density at radius 2 is 2.20 bits per heavy atom. The monoisotopic (exact) mass is 340 g/mol. The van der Waals surface area contributed by atoms with Gasteiger partial charge < -0.3 is 10.0 Å². The van der Waals surface area contributed by atoms with Gasteiger partial charge in [0.2, 0.25) is 0 Å². The number of nitrogens with one attached hydrogen (secondary N) is 2. The SMILES string of the molecule is Cc1ccc(C2=NNC(=N[C@@H]3CCCN(C)C3)C3=NCNC32)c(O)c1. The molecule has 3 heterocycles. The van der Waals surface area contributed by atoms with E-state index in [9.17, 15) is 5.11 Å². The number of likely N-dealkylation sites (tertiary alicyclic amines) is 1. The van der Waals surface area contributed by atoms with Crippen molar-refractivity contribution >= 4 is 17.3 Å². The average molecular weight is 340 g/mol. The van der Waals surface area contributed by atoms with Crippen LogP contribution in [0.5, 0.6) is 5.75 Å². The van der Waals surface area contributed by atoms with E-state index in [-0.39, 0.29) is 17.8 Å². The fraction of sp³-hybridized carbons (Fsp3) is 0.500. The average Bonchev–Trinajstić information content (AvgIpc) is 3.06. The van der Waals surface area contributed by atoms with Crippen molar-refractivity contribution in [3.05, 3.63) is 29.3 Å². The second kappa shape index (κ2) is 6.57. The summed E-state index contributed by atoms with van der Waals surface area (Å²) in [5.74, 6) is 0.994. The molecule has 1 fully saturated rings. The molecule has 132 valence electrons. The van der Waals surface area contributed by atoms with E-state index in [2.05, 4.69) is 32.8 Å². The van der Waals surface area contributed by atoms with E-state index in [1.165, 1.54) is 0 Å². The molecule has 1 unspecified atom stereocenters. The van der Waals surface area contributed by atoms with Gasteiger partial charge in [-0.25, -0.2) is 0 Å². The molecule has 0 saturated carbocycles. The molecule has 4 rings (SSSR count). The van der Waals surface area contributed by atoms with Crippen molar-refractivity contribution in [2.24, 2.45) is 15.1 Å². The van der Waals surface area contributed by atoms with E-state index < -0.39 is 0 Å². The third kappa shape index (κ3) is 3.17. The summed E-state index contributed by atoms with van der Waals surface area (Å²) < 4.78 is 0. The Labute approximate surface area is 147 Å². The van der Waals surface area contributed by atoms with Gasteiger partial charge in [-0.15, -0.1) is 0 Å². The lowest BCUT2D eigenvalue weighted by Crippen LogP contribution is -2.50. The number of piperidine rings is 1. The Morgan fingerprint density at radius 3 is 3.00 bits per heavy atom. The lowest BCUT2D eigenvalue weighted by Gasteiger charge is -2.29. The molecule has 3 aliphatic heterocycles. The van der Waals surface area contributed by atoms with Crippen LogP contribution in [0.3, 0.4) is 0 Å². The van der Waals surface area contributed by atoms with Gasteiger partial charge in [-0.3, -0.25) is 20.7 Å². The highest BCUT2D eigenvalue weighted by atomic mass is 16.3. The maximum Gasteiger partial charge on any atom is 0.165 e. The maximum absolute atomic E-state index is 10.3. The second-order valence-electron chi connectivity index (χ2n) is 7.00. The molecular formula is C18H24N6O. The number of hydrogen-bond donors (Lipinski definition) is 3. The molecule has 1 aromatic rings. The molecule has 2 atom stereocenters. The standard InChI is InChI=1S/C18H24N6O/c1-11-5-6-13(14(25)8-11)15-16-17(20-10-19-16)18(23-22-15)21-12-4-3-7-24(2)9-12/h5-6,8,12,16,19,25H,3-4,7,9-10H2,1-2H3,(H,21,23)/t12-,16?/m1/s1. The summed E-state index contributed by atoms with van der Waals surface area (Å²) in [6, 6.07) is 5.78. The summed E-state index contributed by atoms with van der Waals surface area (Å²) in [5, 5.41) is 18.2. The largest absolute Gasteiger partial charge is 0.507 e. The normalized spacial score (nSPS) is 28.3. The van der Waals surface area contributed by atoms with Crippen LogP contribution in [0.4, 0.5) is 0 Å². The van der Waals surface area contributed by atoms with Crippen molar-refractivity contribution in [1.29, 1.82) is 0 Å². The van der Waals surface area contributed by atoms with Crippen molar-refractivity contribution in [3.63, 3.8) is 0 Å². The van der Waals surface area contributed by atoms with Gasteiger partial charge in [0.1, 0.15) is 11.5 Å². The highest BCUT2D eigenvalue weighted by Gasteiger charge is 2.35. The fourth-order valence-corrected chi connectivity index (χ4v) is 3.68. The number of fused-ring (bicyclic) bond motifs is 1. The van der Waals surface area contributed by atoms with Crippen molar-refractivity contribution in [3.8, 4) is 5.75 Å². The van der Waals surface area contributed by atoms with Crippen molar-refractivity contribution in [2.45, 2.75) is 31.8 Å². The van der Waals surface area contributed by atoms with Crippen LogP contribution in [-0.2, 0) is 0 Å². The van der Waals surface area contributed by atoms with Crippen LogP contribution in [0.1, 0.15) is 24.0 Å². The number of likely N-dealkylation sites (N-methyl/N-ethyl adjacent to an activating group) is 1. The third-order valence-electron chi connectivity index (χ3n) is 4.96. The van der Waals surface area contributed by atoms with Crippen LogP contribution in [0.2, 0.25) is 0 Å². The molecule has 0 aliphatic carbocycles. The quantitative estimate of drug-likeness (QED) is 0.746. The molecule has 0 aromatic heterocycles. The molecule has 1 saturated heterocycles. The fourth-order valence-electron chi connectivity index (χ4n) is 3.68. The van der Waals surface area contributed by atoms with Gasteiger partial charge in [-0.2, -0.15) is 5.10 Å². The zero-order valence-corrected chi connectivity index (χ0v) is 14.7. The van der Waals surface area contributed by atoms with Crippen LogP contribution in [0, 0.1) is 6.92 Å². The zero-order valence-electron chi connectivity index (χ0n) is 14.7. The minimum absolute atomic E-state index is 0.130. The summed E-state index contributed by atoms with van der Waals surface area (Å²) in [7, 11) is 2.13. The first-order valence-electron chi connectivity index (χ1n) is 8.80. The van der Waals surface area contributed by atoms with Gasteiger partial charge in [0, 0.05) is 12.1 Å². The second-order valence-corrected chi connectivity index (χ2v) is 7.00. The summed E-state index contributed by atoms with van der Waals surface area (Å²) in [6.45, 7) is 4.59. The summed E-state index contributed by atoms with van der Waals surface area (Å²) in [6.07, 6.45) is 2.26. The van der Waals surface area contributed by atoms with Crippen molar-refractivity contribution < 1.29 is 5.11 Å². The molecule has 0 radical (unpaired) electrons. The van der Waals surface area contributed by atoms with E-state index in [4.69, 9.17) is 4.99 Å². The summed E-state index contributed by atoms with van der Waals surface area (Å²) >= 11 is 0. The van der Waals surface area contributed by atoms with Gasteiger partial charge in [0.15, 0.2) is 5.84 Å². The number of phenols is 1. The molecular weight excluding hydrogens is 316 g/mol. The first-order chi connectivity index (χ1) is 12.1. The zero-order chi connectivity index (χ0) is 17.4. The molecule has 3 aliphatic rings. The smallest absolute Gasteiger partial charge is 0.165 e. The number of hydrogen-bond acceptors (Lipinski definition) is 6. The van der Waals surface area contributed by atoms with Crippen LogP contribution >= 0.6 is 0 Å². The minimum atomic E-state index is -0.130. The number of phenolic OH excluding ortho intramolecular Hbond substituents is 1. The Morgan fingerprint density at radius 1 is 1.32 bits per heavy atom. The molecule has 7 heteroatoms. The van der Waals surface area contributed by atoms with E-state index >= 15 is 0 Å². The number of aromatic hydroxyl groups is 1. The van der Waals surface area contributed by atoms with E-state index in [0.29, 0.717) is 6.67 Å². The lowest BCUT2D eigenvalue weighted by atomic mass is 9.96.